The molecule has 6 rings (SSSR count). The summed E-state index contributed by atoms with van der Waals surface area (Å²) in [7, 11) is 0. The fourth-order valence-corrected chi connectivity index (χ4v) is 7.93. The minimum atomic E-state index is -0.485. The Morgan fingerprint density at radius 1 is 1.00 bits per heavy atom. The number of hydrogen-bond acceptors (Lipinski definition) is 6. The van der Waals surface area contributed by atoms with Gasteiger partial charge in [0.2, 0.25) is 5.91 Å². The first kappa shape index (κ1) is 32.0. The van der Waals surface area contributed by atoms with Gasteiger partial charge < -0.3 is 20.3 Å². The van der Waals surface area contributed by atoms with Crippen molar-refractivity contribution in [3.05, 3.63) is 88.0 Å². The van der Waals surface area contributed by atoms with Gasteiger partial charge in [-0.3, -0.25) is 9.69 Å². The van der Waals surface area contributed by atoms with E-state index in [0.717, 1.165) is 43.9 Å². The van der Waals surface area contributed by atoms with E-state index in [1.807, 2.05) is 24.0 Å². The summed E-state index contributed by atoms with van der Waals surface area (Å²) >= 11 is 8.23. The van der Waals surface area contributed by atoms with Crippen LogP contribution in [0.15, 0.2) is 66.0 Å². The van der Waals surface area contributed by atoms with Crippen molar-refractivity contribution < 1.29 is 13.9 Å². The fourth-order valence-electron chi connectivity index (χ4n) is 6.78. The molecule has 2 aliphatic rings. The van der Waals surface area contributed by atoms with Crippen molar-refractivity contribution in [2.75, 3.05) is 52.4 Å². The van der Waals surface area contributed by atoms with Gasteiger partial charge in [0.05, 0.1) is 12.6 Å². The van der Waals surface area contributed by atoms with Gasteiger partial charge in [0, 0.05) is 65.5 Å². The standard InChI is InChI=1S/C36H42ClFN4O2S/c1-2-44-33-8-5-7-32(38)30(33)23-41-18-20-42(21-19-41)36(43)35(39)25-12-15-40(16-13-25)17-14-26-22-27(37)10-11-28(26)31-24-45-34-9-4-3-6-29(31)34/h3-11,22,24-25,35H,2,12-21,23,39H2,1H3/t35-/m1/s1. The molecule has 3 heterocycles. The van der Waals surface area contributed by atoms with E-state index < -0.39 is 6.04 Å². The molecule has 0 aliphatic carbocycles. The first-order valence-corrected chi connectivity index (χ1v) is 17.3. The maximum Gasteiger partial charge on any atom is 0.239 e. The number of halogens is 2. The molecular formula is C36H42ClFN4O2S. The van der Waals surface area contributed by atoms with Crippen LogP contribution in [0.25, 0.3) is 21.2 Å². The number of fused-ring (bicyclic) bond motifs is 1. The first-order valence-electron chi connectivity index (χ1n) is 16.1. The Labute approximate surface area is 274 Å². The summed E-state index contributed by atoms with van der Waals surface area (Å²) in [4.78, 5) is 20.0. The number of nitrogens with zero attached hydrogens (tertiary/aromatic N) is 3. The predicted molar refractivity (Wildman–Crippen MR) is 183 cm³/mol. The first-order chi connectivity index (χ1) is 21.9. The normalized spacial score (nSPS) is 17.6. The Bertz CT molecular complexity index is 1610. The topological polar surface area (TPSA) is 62.0 Å². The van der Waals surface area contributed by atoms with Crippen LogP contribution in [0.1, 0.15) is 30.9 Å². The molecule has 0 saturated carbocycles. The van der Waals surface area contributed by atoms with Crippen molar-refractivity contribution >= 4 is 38.9 Å². The molecule has 9 heteroatoms. The van der Waals surface area contributed by atoms with E-state index in [-0.39, 0.29) is 17.6 Å². The molecule has 6 nitrogen and oxygen atoms in total. The number of ether oxygens (including phenoxy) is 1. The van der Waals surface area contributed by atoms with Crippen molar-refractivity contribution in [1.29, 1.82) is 0 Å². The third-order valence-electron chi connectivity index (χ3n) is 9.40. The number of hydrogen-bond donors (Lipinski definition) is 1. The van der Waals surface area contributed by atoms with Crippen LogP contribution in [0.5, 0.6) is 5.75 Å². The molecule has 0 unspecified atom stereocenters. The van der Waals surface area contributed by atoms with E-state index in [1.54, 1.807) is 17.4 Å². The van der Waals surface area contributed by atoms with Gasteiger partial charge in [-0.2, -0.15) is 0 Å². The number of likely N-dealkylation sites (tertiary alicyclic amines) is 1. The number of benzene rings is 3. The zero-order chi connectivity index (χ0) is 31.3. The molecule has 0 radical (unpaired) electrons. The van der Waals surface area contributed by atoms with E-state index in [0.29, 0.717) is 50.6 Å². The van der Waals surface area contributed by atoms with Crippen molar-refractivity contribution in [2.24, 2.45) is 11.7 Å². The molecule has 1 aromatic heterocycles. The number of carbonyl (C=O) groups is 1. The van der Waals surface area contributed by atoms with Crippen LogP contribution in [-0.2, 0) is 17.8 Å². The van der Waals surface area contributed by atoms with Gasteiger partial charge in [0.25, 0.3) is 0 Å². The summed E-state index contributed by atoms with van der Waals surface area (Å²) < 4.78 is 21.5. The lowest BCUT2D eigenvalue weighted by molar-refractivity contribution is -0.136. The highest BCUT2D eigenvalue weighted by Crippen LogP contribution is 2.37. The average molecular weight is 649 g/mol. The highest BCUT2D eigenvalue weighted by Gasteiger charge is 2.33. The van der Waals surface area contributed by atoms with Crippen LogP contribution in [0.4, 0.5) is 4.39 Å². The van der Waals surface area contributed by atoms with Gasteiger partial charge in [-0.05, 0) is 92.0 Å². The molecule has 2 fully saturated rings. The number of nitrogens with two attached hydrogens (primary N) is 1. The molecule has 1 amide bonds. The lowest BCUT2D eigenvalue weighted by atomic mass is 9.88. The molecule has 2 saturated heterocycles. The molecule has 1 atom stereocenters. The average Bonchev–Trinajstić information content (AvgIpc) is 3.49. The second-order valence-corrected chi connectivity index (χ2v) is 13.5. The minimum absolute atomic E-state index is 0.0422. The lowest BCUT2D eigenvalue weighted by Gasteiger charge is -2.39. The number of rotatable bonds is 10. The van der Waals surface area contributed by atoms with Gasteiger partial charge in [-0.25, -0.2) is 4.39 Å². The Hall–Kier alpha value is -3.01. The Balaban J connectivity index is 0.989. The highest BCUT2D eigenvalue weighted by atomic mass is 35.5. The molecule has 45 heavy (non-hydrogen) atoms. The van der Waals surface area contributed by atoms with Crippen LogP contribution in [0.3, 0.4) is 0 Å². The van der Waals surface area contributed by atoms with E-state index in [1.165, 1.54) is 32.8 Å². The second kappa shape index (κ2) is 14.6. The third-order valence-corrected chi connectivity index (χ3v) is 10.6. The van der Waals surface area contributed by atoms with Gasteiger partial charge in [-0.1, -0.05) is 41.9 Å². The van der Waals surface area contributed by atoms with Crippen molar-refractivity contribution in [3.63, 3.8) is 0 Å². The Kier molecular flexibility index (Phi) is 10.4. The second-order valence-electron chi connectivity index (χ2n) is 12.2. The number of piperazine rings is 1. The number of piperidine rings is 1. The summed E-state index contributed by atoms with van der Waals surface area (Å²) in [6, 6.07) is 19.3. The maximum absolute atomic E-state index is 14.6. The van der Waals surface area contributed by atoms with E-state index >= 15 is 0 Å². The monoisotopic (exact) mass is 648 g/mol. The zero-order valence-electron chi connectivity index (χ0n) is 25.9. The van der Waals surface area contributed by atoms with E-state index in [9.17, 15) is 9.18 Å². The highest BCUT2D eigenvalue weighted by molar-refractivity contribution is 7.17. The van der Waals surface area contributed by atoms with Crippen molar-refractivity contribution in [1.82, 2.24) is 14.7 Å². The van der Waals surface area contributed by atoms with Crippen molar-refractivity contribution in [3.8, 4) is 16.9 Å². The summed E-state index contributed by atoms with van der Waals surface area (Å²) in [6.07, 6.45) is 2.74. The van der Waals surface area contributed by atoms with E-state index in [4.69, 9.17) is 22.1 Å². The number of thiophene rings is 1. The zero-order valence-corrected chi connectivity index (χ0v) is 27.5. The Morgan fingerprint density at radius 2 is 1.78 bits per heavy atom. The van der Waals surface area contributed by atoms with Gasteiger partial charge in [0.1, 0.15) is 11.6 Å². The van der Waals surface area contributed by atoms with Gasteiger partial charge in [0.15, 0.2) is 0 Å². The Morgan fingerprint density at radius 3 is 2.56 bits per heavy atom. The van der Waals surface area contributed by atoms with E-state index in [2.05, 4.69) is 51.6 Å². The summed E-state index contributed by atoms with van der Waals surface area (Å²) in [6.45, 7) is 8.24. The lowest BCUT2D eigenvalue weighted by Crippen LogP contribution is -2.55. The largest absolute Gasteiger partial charge is 0.493 e. The fraction of sp³-hybridized carbons (Fsp3) is 0.417. The van der Waals surface area contributed by atoms with Crippen LogP contribution in [-0.4, -0.2) is 79.1 Å². The van der Waals surface area contributed by atoms with Crippen LogP contribution in [0.2, 0.25) is 5.02 Å². The van der Waals surface area contributed by atoms with Crippen molar-refractivity contribution in [2.45, 2.75) is 38.8 Å². The smallest absolute Gasteiger partial charge is 0.239 e. The molecule has 2 aliphatic heterocycles. The van der Waals surface area contributed by atoms with Crippen LogP contribution < -0.4 is 10.5 Å². The number of amides is 1. The van der Waals surface area contributed by atoms with Crippen LogP contribution in [0, 0.1) is 11.7 Å². The minimum Gasteiger partial charge on any atom is -0.493 e. The molecular weight excluding hydrogens is 607 g/mol. The molecule has 3 aromatic carbocycles. The molecule has 238 valence electrons. The van der Waals surface area contributed by atoms with Crippen LogP contribution >= 0.6 is 22.9 Å². The number of carbonyl (C=O) groups excluding carboxylic acids is 1. The molecule has 4 aromatic rings. The van der Waals surface area contributed by atoms with Gasteiger partial charge >= 0.3 is 0 Å². The third kappa shape index (κ3) is 7.36. The summed E-state index contributed by atoms with van der Waals surface area (Å²) in [5.41, 5.74) is 11.0. The molecule has 0 spiro atoms. The maximum atomic E-state index is 14.6. The summed E-state index contributed by atoms with van der Waals surface area (Å²) in [5.74, 6) is 0.559. The predicted octanol–water partition coefficient (Wildman–Crippen LogP) is 6.69. The SMILES string of the molecule is CCOc1cccc(F)c1CN1CCN(C(=O)[C@H](N)C2CCN(CCc3cc(Cl)ccc3-c3csc4ccccc34)CC2)CC1. The quantitative estimate of drug-likeness (QED) is 0.208. The molecule has 0 bridgehead atoms. The summed E-state index contributed by atoms with van der Waals surface area (Å²) in [5, 5.41) is 4.30. The molecule has 2 N–H and O–H groups in total. The van der Waals surface area contributed by atoms with Gasteiger partial charge in [-0.15, -0.1) is 11.3 Å².